The number of benzene rings is 1. The minimum Gasteiger partial charge on any atom is -0.497 e. The van der Waals surface area contributed by atoms with Crippen LogP contribution < -0.4 is 14.8 Å². The average Bonchev–Trinajstić information content (AvgIpc) is 2.99. The Morgan fingerprint density at radius 3 is 2.23 bits per heavy atom. The molecule has 1 aromatic carbocycles. The molecule has 0 aromatic heterocycles. The van der Waals surface area contributed by atoms with Crippen LogP contribution in [0.5, 0.6) is 11.5 Å². The lowest BCUT2D eigenvalue weighted by Gasteiger charge is -2.36. The molecule has 1 saturated carbocycles. The van der Waals surface area contributed by atoms with Gasteiger partial charge in [-0.1, -0.05) is 19.3 Å². The summed E-state index contributed by atoms with van der Waals surface area (Å²) in [5, 5.41) is 2.99. The molecule has 30 heavy (non-hydrogen) atoms. The highest BCUT2D eigenvalue weighted by molar-refractivity contribution is 6.07. The van der Waals surface area contributed by atoms with Gasteiger partial charge in [-0.25, -0.2) is 9.69 Å². The van der Waals surface area contributed by atoms with Crippen LogP contribution in [0.3, 0.4) is 0 Å². The first-order valence-corrected chi connectivity index (χ1v) is 11.0. The van der Waals surface area contributed by atoms with Crippen LogP contribution in [0.15, 0.2) is 24.3 Å². The quantitative estimate of drug-likeness (QED) is 0.685. The molecule has 1 aliphatic carbocycles. The average molecular weight is 417 g/mol. The Hall–Kier alpha value is -2.32. The smallest absolute Gasteiger partial charge is 0.326 e. The van der Waals surface area contributed by atoms with Crippen molar-refractivity contribution in [2.75, 3.05) is 53.1 Å². The van der Waals surface area contributed by atoms with E-state index < -0.39 is 5.54 Å². The summed E-state index contributed by atoms with van der Waals surface area (Å²) in [4.78, 5) is 31.3. The Kier molecular flexibility index (Phi) is 6.43. The van der Waals surface area contributed by atoms with Crippen molar-refractivity contribution in [1.29, 1.82) is 0 Å². The lowest BCUT2D eigenvalue weighted by atomic mass is 9.82. The van der Waals surface area contributed by atoms with E-state index in [-0.39, 0.29) is 11.9 Å². The number of methoxy groups -OCH3 is 1. The number of nitrogens with one attached hydrogen (secondary N) is 1. The Balaban J connectivity index is 1.19. The van der Waals surface area contributed by atoms with Crippen molar-refractivity contribution in [3.63, 3.8) is 0 Å². The standard InChI is InChI=1S/C22H32N4O4/c1-29-18-5-7-19(8-6-18)30-16-15-24-11-13-25(14-12-24)17-26-20(27)22(23-21(26)28)9-3-2-4-10-22/h5-8H,2-4,9-17H2,1H3,(H,23,28). The molecule has 8 heteroatoms. The van der Waals surface area contributed by atoms with E-state index in [1.165, 1.54) is 4.90 Å². The van der Waals surface area contributed by atoms with Crippen molar-refractivity contribution in [2.45, 2.75) is 37.6 Å². The van der Waals surface area contributed by atoms with E-state index in [1.807, 2.05) is 24.3 Å². The highest BCUT2D eigenvalue weighted by Crippen LogP contribution is 2.33. The number of carbonyl (C=O) groups is 2. The Bertz CT molecular complexity index is 740. The fourth-order valence-electron chi connectivity index (χ4n) is 4.62. The highest BCUT2D eigenvalue weighted by atomic mass is 16.5. The van der Waals surface area contributed by atoms with E-state index >= 15 is 0 Å². The highest BCUT2D eigenvalue weighted by Gasteiger charge is 2.51. The molecule has 2 heterocycles. The summed E-state index contributed by atoms with van der Waals surface area (Å²) in [6, 6.07) is 7.38. The maximum atomic E-state index is 12.9. The van der Waals surface area contributed by atoms with Crippen LogP contribution in [0.2, 0.25) is 0 Å². The summed E-state index contributed by atoms with van der Waals surface area (Å²) < 4.78 is 11.0. The number of imide groups is 1. The lowest BCUT2D eigenvalue weighted by Crippen LogP contribution is -2.52. The SMILES string of the molecule is COc1ccc(OCCN2CCN(CN3C(=O)NC4(CCCCC4)C3=O)CC2)cc1. The first kappa shape index (κ1) is 20.9. The van der Waals surface area contributed by atoms with Gasteiger partial charge >= 0.3 is 6.03 Å². The van der Waals surface area contributed by atoms with Crippen LogP contribution >= 0.6 is 0 Å². The molecule has 0 radical (unpaired) electrons. The second kappa shape index (κ2) is 9.22. The molecule has 3 aliphatic rings. The van der Waals surface area contributed by atoms with Gasteiger partial charge in [-0.05, 0) is 37.1 Å². The van der Waals surface area contributed by atoms with Crippen LogP contribution in [0.4, 0.5) is 4.79 Å². The molecule has 2 aliphatic heterocycles. The Labute approximate surface area is 178 Å². The summed E-state index contributed by atoms with van der Waals surface area (Å²) in [5.41, 5.74) is -0.629. The summed E-state index contributed by atoms with van der Waals surface area (Å²) in [6.45, 7) is 5.36. The number of ether oxygens (including phenoxy) is 2. The first-order chi connectivity index (χ1) is 14.6. The van der Waals surface area contributed by atoms with Crippen LogP contribution in [-0.2, 0) is 4.79 Å². The van der Waals surface area contributed by atoms with Gasteiger partial charge in [0.25, 0.3) is 5.91 Å². The van der Waals surface area contributed by atoms with Crippen LogP contribution in [0.1, 0.15) is 32.1 Å². The molecule has 3 fully saturated rings. The van der Waals surface area contributed by atoms with Crippen LogP contribution in [0.25, 0.3) is 0 Å². The number of hydrogen-bond acceptors (Lipinski definition) is 6. The van der Waals surface area contributed by atoms with Crippen molar-refractivity contribution in [3.8, 4) is 11.5 Å². The second-order valence-corrected chi connectivity index (χ2v) is 8.43. The van der Waals surface area contributed by atoms with Gasteiger partial charge < -0.3 is 14.8 Å². The zero-order valence-electron chi connectivity index (χ0n) is 17.8. The van der Waals surface area contributed by atoms with Gasteiger partial charge in [-0.15, -0.1) is 0 Å². The molecule has 1 spiro atoms. The zero-order chi connectivity index (χ0) is 21.0. The van der Waals surface area contributed by atoms with Crippen LogP contribution in [0, 0.1) is 0 Å². The minimum absolute atomic E-state index is 0.0254. The summed E-state index contributed by atoms with van der Waals surface area (Å²) >= 11 is 0. The molecule has 3 amide bonds. The normalized spacial score (nSPS) is 22.4. The largest absolute Gasteiger partial charge is 0.497 e. The van der Waals surface area contributed by atoms with Gasteiger partial charge in [-0.3, -0.25) is 14.6 Å². The number of amides is 3. The maximum absolute atomic E-state index is 12.9. The third-order valence-corrected chi connectivity index (χ3v) is 6.50. The monoisotopic (exact) mass is 416 g/mol. The third-order valence-electron chi connectivity index (χ3n) is 6.50. The second-order valence-electron chi connectivity index (χ2n) is 8.43. The van der Waals surface area contributed by atoms with Crippen molar-refractivity contribution >= 4 is 11.9 Å². The van der Waals surface area contributed by atoms with Gasteiger partial charge in [0.1, 0.15) is 23.6 Å². The number of carbonyl (C=O) groups excluding carboxylic acids is 2. The first-order valence-electron chi connectivity index (χ1n) is 11.0. The molecule has 1 N–H and O–H groups in total. The summed E-state index contributed by atoms with van der Waals surface area (Å²) in [6.07, 6.45) is 4.72. The predicted molar refractivity (Wildman–Crippen MR) is 113 cm³/mol. The minimum atomic E-state index is -0.629. The topological polar surface area (TPSA) is 74.4 Å². The summed E-state index contributed by atoms with van der Waals surface area (Å²) in [5.74, 6) is 1.63. The number of piperazine rings is 1. The Morgan fingerprint density at radius 1 is 0.933 bits per heavy atom. The lowest BCUT2D eigenvalue weighted by molar-refractivity contribution is -0.134. The van der Waals surface area contributed by atoms with E-state index in [1.54, 1.807) is 7.11 Å². The van der Waals surface area contributed by atoms with Crippen molar-refractivity contribution in [2.24, 2.45) is 0 Å². The number of hydrogen-bond donors (Lipinski definition) is 1. The fourth-order valence-corrected chi connectivity index (χ4v) is 4.62. The van der Waals surface area contributed by atoms with E-state index in [9.17, 15) is 9.59 Å². The van der Waals surface area contributed by atoms with Crippen molar-refractivity contribution in [3.05, 3.63) is 24.3 Å². The zero-order valence-corrected chi connectivity index (χ0v) is 17.8. The molecule has 8 nitrogen and oxygen atoms in total. The van der Waals surface area contributed by atoms with Gasteiger partial charge in [0, 0.05) is 32.7 Å². The number of urea groups is 1. The number of rotatable bonds is 7. The molecular formula is C22H32N4O4. The molecule has 164 valence electrons. The molecular weight excluding hydrogens is 384 g/mol. The van der Waals surface area contributed by atoms with Gasteiger partial charge in [-0.2, -0.15) is 0 Å². The fraction of sp³-hybridized carbons (Fsp3) is 0.636. The maximum Gasteiger partial charge on any atom is 0.326 e. The van der Waals surface area contributed by atoms with Crippen molar-refractivity contribution in [1.82, 2.24) is 20.0 Å². The molecule has 2 saturated heterocycles. The van der Waals surface area contributed by atoms with E-state index in [4.69, 9.17) is 9.47 Å². The third kappa shape index (κ3) is 4.54. The Morgan fingerprint density at radius 2 is 1.57 bits per heavy atom. The molecule has 1 aromatic rings. The van der Waals surface area contributed by atoms with E-state index in [2.05, 4.69) is 15.1 Å². The van der Waals surface area contributed by atoms with Gasteiger partial charge in [0.05, 0.1) is 13.8 Å². The number of nitrogens with zero attached hydrogens (tertiary/aromatic N) is 3. The van der Waals surface area contributed by atoms with E-state index in [0.29, 0.717) is 13.3 Å². The molecule has 0 unspecified atom stereocenters. The van der Waals surface area contributed by atoms with Gasteiger partial charge in [0.2, 0.25) is 0 Å². The summed E-state index contributed by atoms with van der Waals surface area (Å²) in [7, 11) is 1.65. The van der Waals surface area contributed by atoms with Crippen molar-refractivity contribution < 1.29 is 19.1 Å². The van der Waals surface area contributed by atoms with E-state index in [0.717, 1.165) is 76.3 Å². The molecule has 0 bridgehead atoms. The predicted octanol–water partition coefficient (Wildman–Crippen LogP) is 1.90. The van der Waals surface area contributed by atoms with Gasteiger partial charge in [0.15, 0.2) is 0 Å². The van der Waals surface area contributed by atoms with Crippen LogP contribution in [-0.4, -0.2) is 85.3 Å². The molecule has 0 atom stereocenters. The molecule has 4 rings (SSSR count).